The van der Waals surface area contributed by atoms with Crippen molar-refractivity contribution < 1.29 is 0 Å². The molecule has 0 saturated carbocycles. The Kier molecular flexibility index (Phi) is 2.74. The van der Waals surface area contributed by atoms with E-state index in [2.05, 4.69) is 6.07 Å². The lowest BCUT2D eigenvalue weighted by atomic mass is 9.87. The first-order valence-electron chi connectivity index (χ1n) is 2.96. The first kappa shape index (κ1) is 7.98. The van der Waals surface area contributed by atoms with Crippen molar-refractivity contribution >= 4 is 0 Å². The Bertz CT molecular complexity index is 161. The fourth-order valence-corrected chi connectivity index (χ4v) is 0.418. The smallest absolute Gasteiger partial charge is 0.0697 e. The average Bonchev–Trinajstić information content (AvgIpc) is 1.89. The largest absolute Gasteiger partial charge is 0.198 e. The molecule has 0 amide bonds. The summed E-state index contributed by atoms with van der Waals surface area (Å²) in [6, 6.07) is 4.09. The molecule has 0 spiro atoms. The first-order valence-corrected chi connectivity index (χ1v) is 2.96. The summed E-state index contributed by atoms with van der Waals surface area (Å²) in [6.07, 6.45) is 1.08. The maximum atomic E-state index is 8.52. The van der Waals surface area contributed by atoms with Crippen LogP contribution in [0.1, 0.15) is 26.7 Å². The van der Waals surface area contributed by atoms with Gasteiger partial charge in [-0.05, 0) is 13.3 Å². The van der Waals surface area contributed by atoms with E-state index in [9.17, 15) is 0 Å². The highest BCUT2D eigenvalue weighted by Crippen LogP contribution is 2.22. The average molecular weight is 122 g/mol. The molecule has 0 aliphatic rings. The van der Waals surface area contributed by atoms with Gasteiger partial charge in [-0.25, -0.2) is 0 Å². The third-order valence-electron chi connectivity index (χ3n) is 1.52. The first-order chi connectivity index (χ1) is 4.18. The molecule has 1 atom stereocenters. The van der Waals surface area contributed by atoms with Crippen molar-refractivity contribution in [2.45, 2.75) is 26.7 Å². The number of rotatable bonds is 2. The third-order valence-corrected chi connectivity index (χ3v) is 1.52. The van der Waals surface area contributed by atoms with Gasteiger partial charge in [0, 0.05) is 0 Å². The van der Waals surface area contributed by atoms with Gasteiger partial charge in [-0.1, -0.05) is 6.92 Å². The Morgan fingerprint density at radius 2 is 2.00 bits per heavy atom. The number of nitrogens with zero attached hydrogens (tertiary/aromatic N) is 2. The molecule has 2 heteroatoms. The Balaban J connectivity index is 4.01. The van der Waals surface area contributed by atoms with E-state index in [1.807, 2.05) is 13.0 Å². The van der Waals surface area contributed by atoms with E-state index >= 15 is 0 Å². The summed E-state index contributed by atoms with van der Waals surface area (Å²) in [7, 11) is 0. The van der Waals surface area contributed by atoms with Crippen molar-refractivity contribution in [3.63, 3.8) is 0 Å². The molecule has 0 saturated heterocycles. The summed E-state index contributed by atoms with van der Waals surface area (Å²) >= 11 is 0. The number of nitriles is 2. The predicted molar refractivity (Wildman–Crippen MR) is 34.2 cm³/mol. The van der Waals surface area contributed by atoms with E-state index in [0.717, 1.165) is 6.42 Å². The highest BCUT2D eigenvalue weighted by molar-refractivity contribution is 4.99. The molecule has 0 aromatic rings. The Morgan fingerprint density at radius 1 is 1.44 bits per heavy atom. The van der Waals surface area contributed by atoms with Crippen molar-refractivity contribution in [2.24, 2.45) is 5.41 Å². The van der Waals surface area contributed by atoms with Gasteiger partial charge in [-0.3, -0.25) is 0 Å². The van der Waals surface area contributed by atoms with Crippen LogP contribution in [0.5, 0.6) is 0 Å². The van der Waals surface area contributed by atoms with Gasteiger partial charge in [0.05, 0.1) is 24.0 Å². The molecule has 0 fully saturated rings. The minimum absolute atomic E-state index is 0.333. The summed E-state index contributed by atoms with van der Waals surface area (Å²) < 4.78 is 0. The molecular weight excluding hydrogens is 112 g/mol. The molecule has 0 heterocycles. The Hall–Kier alpha value is -1.02. The maximum absolute atomic E-state index is 8.52. The van der Waals surface area contributed by atoms with E-state index in [1.54, 1.807) is 6.92 Å². The zero-order valence-corrected chi connectivity index (χ0v) is 5.81. The van der Waals surface area contributed by atoms with Crippen molar-refractivity contribution in [3.05, 3.63) is 0 Å². The molecule has 0 rings (SSSR count). The molecule has 2 nitrogen and oxygen atoms in total. The summed E-state index contributed by atoms with van der Waals surface area (Å²) in [5.41, 5.74) is -0.422. The monoisotopic (exact) mass is 122 g/mol. The van der Waals surface area contributed by atoms with Gasteiger partial charge >= 0.3 is 0 Å². The van der Waals surface area contributed by atoms with E-state index < -0.39 is 5.41 Å². The standard InChI is InChI=1S/C7H10N2/c1-3-7(2,6-9)4-5-8/h3-4H2,1-2H3/t7-/m0/s1. The molecule has 9 heavy (non-hydrogen) atoms. The third kappa shape index (κ3) is 2.15. The molecule has 0 radical (unpaired) electrons. The van der Waals surface area contributed by atoms with Crippen LogP contribution < -0.4 is 0 Å². The molecule has 0 aromatic carbocycles. The minimum atomic E-state index is -0.422. The Morgan fingerprint density at radius 3 is 2.11 bits per heavy atom. The van der Waals surface area contributed by atoms with Crippen LogP contribution in [0.4, 0.5) is 0 Å². The summed E-state index contributed by atoms with van der Waals surface area (Å²) in [4.78, 5) is 0. The topological polar surface area (TPSA) is 47.6 Å². The molecule has 0 aliphatic heterocycles. The Labute approximate surface area is 55.7 Å². The van der Waals surface area contributed by atoms with E-state index in [0.29, 0.717) is 6.42 Å². The van der Waals surface area contributed by atoms with Crippen molar-refractivity contribution in [1.82, 2.24) is 0 Å². The van der Waals surface area contributed by atoms with E-state index in [1.165, 1.54) is 0 Å². The SMILES string of the molecule is CC[C@](C)(C#N)CC#N. The van der Waals surface area contributed by atoms with Crippen LogP contribution in [0.3, 0.4) is 0 Å². The number of hydrogen-bond donors (Lipinski definition) is 0. The fraction of sp³-hybridized carbons (Fsp3) is 0.714. The van der Waals surface area contributed by atoms with E-state index in [-0.39, 0.29) is 0 Å². The van der Waals surface area contributed by atoms with Gasteiger partial charge < -0.3 is 0 Å². The van der Waals surface area contributed by atoms with Crippen molar-refractivity contribution in [3.8, 4) is 12.1 Å². The van der Waals surface area contributed by atoms with Crippen molar-refractivity contribution in [2.75, 3.05) is 0 Å². The molecular formula is C7H10N2. The minimum Gasteiger partial charge on any atom is -0.198 e. The van der Waals surface area contributed by atoms with E-state index in [4.69, 9.17) is 10.5 Å². The zero-order valence-electron chi connectivity index (χ0n) is 5.81. The summed E-state index contributed by atoms with van der Waals surface area (Å²) in [5.74, 6) is 0. The second-order valence-corrected chi connectivity index (χ2v) is 2.36. The normalized spacial score (nSPS) is 15.1. The highest BCUT2D eigenvalue weighted by Gasteiger charge is 2.19. The van der Waals surface area contributed by atoms with Crippen LogP contribution in [0, 0.1) is 28.1 Å². The summed E-state index contributed by atoms with van der Waals surface area (Å²) in [6.45, 7) is 3.72. The fourth-order valence-electron chi connectivity index (χ4n) is 0.418. The van der Waals surface area contributed by atoms with Gasteiger partial charge in [-0.15, -0.1) is 0 Å². The quantitative estimate of drug-likeness (QED) is 0.561. The number of hydrogen-bond acceptors (Lipinski definition) is 2. The van der Waals surface area contributed by atoms with Crippen LogP contribution in [0.2, 0.25) is 0 Å². The van der Waals surface area contributed by atoms with Gasteiger partial charge in [-0.2, -0.15) is 10.5 Å². The molecule has 48 valence electrons. The van der Waals surface area contributed by atoms with Gasteiger partial charge in [0.25, 0.3) is 0 Å². The summed E-state index contributed by atoms with van der Waals surface area (Å²) in [5, 5.41) is 16.8. The van der Waals surface area contributed by atoms with Crippen LogP contribution in [-0.4, -0.2) is 0 Å². The van der Waals surface area contributed by atoms with Crippen LogP contribution in [0.15, 0.2) is 0 Å². The maximum Gasteiger partial charge on any atom is 0.0697 e. The van der Waals surface area contributed by atoms with Gasteiger partial charge in [0.1, 0.15) is 0 Å². The lowest BCUT2D eigenvalue weighted by Gasteiger charge is -2.12. The lowest BCUT2D eigenvalue weighted by molar-refractivity contribution is 0.436. The van der Waals surface area contributed by atoms with Crippen LogP contribution >= 0.6 is 0 Å². The highest BCUT2D eigenvalue weighted by atomic mass is 14.3. The van der Waals surface area contributed by atoms with Crippen LogP contribution in [0.25, 0.3) is 0 Å². The molecule has 0 aromatic heterocycles. The molecule has 0 N–H and O–H groups in total. The van der Waals surface area contributed by atoms with Crippen LogP contribution in [-0.2, 0) is 0 Å². The molecule has 0 aliphatic carbocycles. The lowest BCUT2D eigenvalue weighted by Crippen LogP contribution is -2.10. The molecule has 0 bridgehead atoms. The van der Waals surface area contributed by atoms with Gasteiger partial charge in [0.2, 0.25) is 0 Å². The second kappa shape index (κ2) is 3.10. The zero-order chi connectivity index (χ0) is 7.33. The predicted octanol–water partition coefficient (Wildman–Crippen LogP) is 1.84. The second-order valence-electron chi connectivity index (χ2n) is 2.36. The molecule has 0 unspecified atom stereocenters. The van der Waals surface area contributed by atoms with Crippen molar-refractivity contribution in [1.29, 1.82) is 10.5 Å². The van der Waals surface area contributed by atoms with Gasteiger partial charge in [0.15, 0.2) is 0 Å².